The Morgan fingerprint density at radius 1 is 0.781 bits per heavy atom. The molecule has 0 saturated carbocycles. The predicted octanol–water partition coefficient (Wildman–Crippen LogP) is 4.27. The molecule has 0 saturated heterocycles. The molecule has 0 aliphatic carbocycles. The van der Waals surface area contributed by atoms with Crippen LogP contribution in [0, 0.1) is 37.1 Å². The van der Waals surface area contributed by atoms with E-state index < -0.39 is 40.9 Å². The molecule has 2 N–H and O–H groups in total. The summed E-state index contributed by atoms with van der Waals surface area (Å²) < 4.78 is 54.3. The normalized spacial score (nSPS) is 10.7. The summed E-state index contributed by atoms with van der Waals surface area (Å²) in [6, 6.07) is 5.45. The average Bonchev–Trinajstić information content (AvgIpc) is 2.95. The number of halogens is 4. The van der Waals surface area contributed by atoms with E-state index >= 15 is 0 Å². The van der Waals surface area contributed by atoms with Crippen molar-refractivity contribution in [2.75, 3.05) is 10.6 Å². The highest BCUT2D eigenvalue weighted by molar-refractivity contribution is 6.46. The van der Waals surface area contributed by atoms with Crippen LogP contribution in [0.25, 0.3) is 0 Å². The van der Waals surface area contributed by atoms with Crippen LogP contribution in [-0.2, 0) is 11.8 Å². The molecule has 0 atom stereocenters. The second-order valence-electron chi connectivity index (χ2n) is 6.99. The van der Waals surface area contributed by atoms with Crippen LogP contribution in [0.15, 0.2) is 36.4 Å². The number of benzene rings is 2. The van der Waals surface area contributed by atoms with Gasteiger partial charge in [0.1, 0.15) is 0 Å². The monoisotopic (exact) mass is 447 g/mol. The Bertz CT molecular complexity index is 1270. The topological polar surface area (TPSA) is 80.2 Å². The van der Waals surface area contributed by atoms with Gasteiger partial charge < -0.3 is 15.2 Å². The van der Waals surface area contributed by atoms with Crippen LogP contribution in [0.4, 0.5) is 28.9 Å². The van der Waals surface area contributed by atoms with Crippen LogP contribution in [0.3, 0.4) is 0 Å². The number of nitrogens with zero attached hydrogens (tertiary/aromatic N) is 1. The summed E-state index contributed by atoms with van der Waals surface area (Å²) in [5.74, 6) is -7.35. The molecule has 10 heteroatoms. The SMILES string of the molecule is Cc1c(C(=O)Nc2ccc(F)c(F)c2)c(C)n(C)c1C(=O)C(=O)Nc1ccc(F)c(F)c1. The quantitative estimate of drug-likeness (QED) is 0.348. The number of anilines is 2. The van der Waals surface area contributed by atoms with Crippen LogP contribution < -0.4 is 10.6 Å². The minimum absolute atomic E-state index is 0.000471. The van der Waals surface area contributed by atoms with Crippen molar-refractivity contribution in [1.82, 2.24) is 4.57 Å². The van der Waals surface area contributed by atoms with Gasteiger partial charge in [-0.2, -0.15) is 0 Å². The van der Waals surface area contributed by atoms with Gasteiger partial charge in [0, 0.05) is 36.2 Å². The first kappa shape index (κ1) is 22.7. The highest BCUT2D eigenvalue weighted by Crippen LogP contribution is 2.24. The highest BCUT2D eigenvalue weighted by Gasteiger charge is 2.28. The van der Waals surface area contributed by atoms with Crippen molar-refractivity contribution in [3.05, 3.63) is 82.2 Å². The zero-order chi connectivity index (χ0) is 23.7. The van der Waals surface area contributed by atoms with Gasteiger partial charge in [-0.3, -0.25) is 14.4 Å². The van der Waals surface area contributed by atoms with Gasteiger partial charge in [0.05, 0.1) is 11.3 Å². The van der Waals surface area contributed by atoms with Crippen LogP contribution in [0.1, 0.15) is 32.1 Å². The maximum Gasteiger partial charge on any atom is 0.298 e. The van der Waals surface area contributed by atoms with Crippen molar-refractivity contribution in [1.29, 1.82) is 0 Å². The van der Waals surface area contributed by atoms with E-state index in [-0.39, 0.29) is 28.2 Å². The number of rotatable bonds is 5. The number of Topliss-reactive ketones (excluding diaryl/α,β-unsaturated/α-hetero) is 1. The fourth-order valence-corrected chi connectivity index (χ4v) is 3.27. The standard InChI is InChI=1S/C22H17F4N3O3/c1-10-18(21(31)27-12-4-6-14(23)16(25)8-12)11(2)29(3)19(10)20(30)22(32)28-13-5-7-15(24)17(26)9-13/h4-9H,1-3H3,(H,27,31)(H,28,32). The molecule has 1 heterocycles. The first-order chi connectivity index (χ1) is 15.0. The lowest BCUT2D eigenvalue weighted by Gasteiger charge is -2.07. The minimum Gasteiger partial charge on any atom is -0.344 e. The second kappa shape index (κ2) is 8.66. The highest BCUT2D eigenvalue weighted by atomic mass is 19.2. The molecule has 0 spiro atoms. The first-order valence-corrected chi connectivity index (χ1v) is 9.24. The van der Waals surface area contributed by atoms with Crippen molar-refractivity contribution in [2.45, 2.75) is 13.8 Å². The van der Waals surface area contributed by atoms with E-state index in [1.54, 1.807) is 0 Å². The van der Waals surface area contributed by atoms with Crippen molar-refractivity contribution in [3.63, 3.8) is 0 Å². The second-order valence-corrected chi connectivity index (χ2v) is 6.99. The summed E-state index contributed by atoms with van der Waals surface area (Å²) >= 11 is 0. The van der Waals surface area contributed by atoms with Crippen LogP contribution in [-0.4, -0.2) is 22.2 Å². The molecule has 0 unspecified atom stereocenters. The van der Waals surface area contributed by atoms with Crippen molar-refractivity contribution >= 4 is 29.0 Å². The van der Waals surface area contributed by atoms with E-state index in [2.05, 4.69) is 10.6 Å². The molecule has 1 aromatic heterocycles. The summed E-state index contributed by atoms with van der Waals surface area (Å²) in [4.78, 5) is 37.9. The molecular weight excluding hydrogens is 430 g/mol. The fourth-order valence-electron chi connectivity index (χ4n) is 3.27. The Morgan fingerprint density at radius 2 is 1.28 bits per heavy atom. The zero-order valence-corrected chi connectivity index (χ0v) is 17.1. The molecule has 2 amide bonds. The third kappa shape index (κ3) is 4.25. The van der Waals surface area contributed by atoms with E-state index in [0.29, 0.717) is 5.69 Å². The number of hydrogen-bond donors (Lipinski definition) is 2. The molecule has 2 aromatic carbocycles. The molecule has 32 heavy (non-hydrogen) atoms. The third-order valence-corrected chi connectivity index (χ3v) is 4.93. The Kier molecular flexibility index (Phi) is 6.15. The maximum atomic E-state index is 13.4. The van der Waals surface area contributed by atoms with Gasteiger partial charge in [0.25, 0.3) is 17.6 Å². The summed E-state index contributed by atoms with van der Waals surface area (Å²) in [5, 5.41) is 4.61. The number of hydrogen-bond acceptors (Lipinski definition) is 3. The van der Waals surface area contributed by atoms with Gasteiger partial charge in [-0.1, -0.05) is 0 Å². The van der Waals surface area contributed by atoms with Gasteiger partial charge in [-0.15, -0.1) is 0 Å². The van der Waals surface area contributed by atoms with Gasteiger partial charge >= 0.3 is 0 Å². The first-order valence-electron chi connectivity index (χ1n) is 9.24. The summed E-state index contributed by atoms with van der Waals surface area (Å²) in [5.41, 5.74) is 0.365. The lowest BCUT2D eigenvalue weighted by molar-refractivity contribution is -0.112. The van der Waals surface area contributed by atoms with Gasteiger partial charge in [0.2, 0.25) is 0 Å². The third-order valence-electron chi connectivity index (χ3n) is 4.93. The van der Waals surface area contributed by atoms with Gasteiger partial charge in [0.15, 0.2) is 23.3 Å². The molecule has 3 rings (SSSR count). The molecule has 6 nitrogen and oxygen atoms in total. The molecule has 0 aliphatic heterocycles. The molecule has 166 valence electrons. The largest absolute Gasteiger partial charge is 0.344 e. The van der Waals surface area contributed by atoms with Crippen molar-refractivity contribution in [2.24, 2.45) is 7.05 Å². The number of carbonyl (C=O) groups excluding carboxylic acids is 3. The lowest BCUT2D eigenvalue weighted by atomic mass is 10.1. The minimum atomic E-state index is -1.20. The predicted molar refractivity (Wildman–Crippen MR) is 109 cm³/mol. The van der Waals surface area contributed by atoms with Crippen molar-refractivity contribution in [3.8, 4) is 0 Å². The number of carbonyl (C=O) groups is 3. The van der Waals surface area contributed by atoms with E-state index in [9.17, 15) is 31.9 Å². The number of nitrogens with one attached hydrogen (secondary N) is 2. The van der Waals surface area contributed by atoms with E-state index in [1.165, 1.54) is 31.5 Å². The molecule has 3 aromatic rings. The molecule has 0 radical (unpaired) electrons. The number of amides is 2. The van der Waals surface area contributed by atoms with Crippen molar-refractivity contribution < 1.29 is 31.9 Å². The Labute approximate surface area is 179 Å². The fraction of sp³-hybridized carbons (Fsp3) is 0.136. The lowest BCUT2D eigenvalue weighted by Crippen LogP contribution is -2.25. The summed E-state index contributed by atoms with van der Waals surface area (Å²) in [6.45, 7) is 2.99. The molecule has 0 bridgehead atoms. The molecular formula is C22H17F4N3O3. The van der Waals surface area contributed by atoms with E-state index in [4.69, 9.17) is 0 Å². The smallest absolute Gasteiger partial charge is 0.298 e. The molecule has 0 aliphatic rings. The van der Waals surface area contributed by atoms with E-state index in [1.807, 2.05) is 0 Å². The average molecular weight is 447 g/mol. The Hall–Kier alpha value is -3.95. The van der Waals surface area contributed by atoms with Crippen LogP contribution in [0.2, 0.25) is 0 Å². The van der Waals surface area contributed by atoms with Crippen LogP contribution in [0.5, 0.6) is 0 Å². The number of aromatic nitrogens is 1. The van der Waals surface area contributed by atoms with E-state index in [0.717, 1.165) is 30.3 Å². The molecule has 0 fully saturated rings. The zero-order valence-electron chi connectivity index (χ0n) is 17.1. The summed E-state index contributed by atoms with van der Waals surface area (Å²) in [6.07, 6.45) is 0. The van der Waals surface area contributed by atoms with Gasteiger partial charge in [-0.05, 0) is 43.7 Å². The van der Waals surface area contributed by atoms with Crippen LogP contribution >= 0.6 is 0 Å². The number of ketones is 1. The summed E-state index contributed by atoms with van der Waals surface area (Å²) in [7, 11) is 1.47. The Morgan fingerprint density at radius 3 is 1.78 bits per heavy atom. The van der Waals surface area contributed by atoms with Gasteiger partial charge in [-0.25, -0.2) is 17.6 Å². The maximum absolute atomic E-state index is 13.4. The Balaban J connectivity index is 1.87.